The molecule has 3 heterocycles. The predicted octanol–water partition coefficient (Wildman–Crippen LogP) is 4.76. The molecule has 1 atom stereocenters. The van der Waals surface area contributed by atoms with E-state index in [0.29, 0.717) is 18.0 Å². The second kappa shape index (κ2) is 9.57. The van der Waals surface area contributed by atoms with Gasteiger partial charge in [-0.3, -0.25) is 14.6 Å². The smallest absolute Gasteiger partial charge is 0.254 e. The molecule has 2 saturated heterocycles. The van der Waals surface area contributed by atoms with Gasteiger partial charge in [-0.15, -0.1) is 0 Å². The summed E-state index contributed by atoms with van der Waals surface area (Å²) in [4.78, 5) is 34.7. The Morgan fingerprint density at radius 2 is 1.61 bits per heavy atom. The first-order valence-electron chi connectivity index (χ1n) is 11.9. The molecule has 0 spiro atoms. The second-order valence-corrected chi connectivity index (χ2v) is 8.99. The topological polar surface area (TPSA) is 53.5 Å². The van der Waals surface area contributed by atoms with E-state index in [-0.39, 0.29) is 17.9 Å². The molecule has 5 rings (SSSR count). The van der Waals surface area contributed by atoms with Gasteiger partial charge in [0.1, 0.15) is 6.04 Å². The number of benzene rings is 2. The van der Waals surface area contributed by atoms with Gasteiger partial charge in [-0.25, -0.2) is 0 Å². The Kier molecular flexibility index (Phi) is 6.20. The van der Waals surface area contributed by atoms with E-state index in [1.165, 1.54) is 5.56 Å². The largest absolute Gasteiger partial charge is 0.341 e. The molecule has 0 radical (unpaired) electrons. The molecule has 2 aromatic carbocycles. The zero-order valence-electron chi connectivity index (χ0n) is 18.8. The minimum absolute atomic E-state index is 0.0595. The highest BCUT2D eigenvalue weighted by atomic mass is 16.2. The number of likely N-dealkylation sites (tertiary alicyclic amines) is 2. The highest BCUT2D eigenvalue weighted by Gasteiger charge is 2.38. The van der Waals surface area contributed by atoms with Crippen molar-refractivity contribution >= 4 is 11.8 Å². The van der Waals surface area contributed by atoms with Crippen LogP contribution in [0.25, 0.3) is 11.1 Å². The quantitative estimate of drug-likeness (QED) is 0.589. The van der Waals surface area contributed by atoms with Gasteiger partial charge < -0.3 is 9.80 Å². The summed E-state index contributed by atoms with van der Waals surface area (Å²) in [6, 6.07) is 21.7. The Hall–Kier alpha value is -3.47. The Morgan fingerprint density at radius 3 is 2.36 bits per heavy atom. The maximum atomic E-state index is 13.4. The van der Waals surface area contributed by atoms with Gasteiger partial charge >= 0.3 is 0 Å². The first kappa shape index (κ1) is 21.4. The third-order valence-electron chi connectivity index (χ3n) is 6.98. The van der Waals surface area contributed by atoms with Crippen molar-refractivity contribution in [1.29, 1.82) is 0 Å². The molecule has 33 heavy (non-hydrogen) atoms. The number of amides is 2. The fourth-order valence-corrected chi connectivity index (χ4v) is 5.17. The van der Waals surface area contributed by atoms with E-state index in [1.807, 2.05) is 47.4 Å². The predicted molar refractivity (Wildman–Crippen MR) is 129 cm³/mol. The number of rotatable bonds is 4. The van der Waals surface area contributed by atoms with Crippen LogP contribution in [-0.4, -0.2) is 52.3 Å². The van der Waals surface area contributed by atoms with E-state index in [0.717, 1.165) is 49.9 Å². The number of pyridine rings is 1. The lowest BCUT2D eigenvalue weighted by Crippen LogP contribution is -2.49. The van der Waals surface area contributed by atoms with E-state index >= 15 is 0 Å². The Labute approximate surface area is 195 Å². The molecule has 0 bridgehead atoms. The average Bonchev–Trinajstić information content (AvgIpc) is 3.39. The van der Waals surface area contributed by atoms with Gasteiger partial charge in [0.05, 0.1) is 0 Å². The summed E-state index contributed by atoms with van der Waals surface area (Å²) in [5.41, 5.74) is 3.91. The standard InChI is InChI=1S/C28H29N3O2/c32-27(24-10-4-9-23(19-24)25-11-5-15-29-20-25)31-16-6-12-26(31)28(33)30-17-13-22(14-18-30)21-7-2-1-3-8-21/h1-5,7-11,15,19-20,22,26H,6,12-14,16-18H2. The van der Waals surface area contributed by atoms with Crippen molar-refractivity contribution in [1.82, 2.24) is 14.8 Å². The van der Waals surface area contributed by atoms with E-state index in [4.69, 9.17) is 0 Å². The molecule has 0 N–H and O–H groups in total. The number of carbonyl (C=O) groups is 2. The minimum Gasteiger partial charge on any atom is -0.341 e. The molecule has 5 nitrogen and oxygen atoms in total. The lowest BCUT2D eigenvalue weighted by Gasteiger charge is -2.35. The molecule has 2 amide bonds. The van der Waals surface area contributed by atoms with Crippen LogP contribution in [0.5, 0.6) is 0 Å². The molecule has 0 saturated carbocycles. The maximum absolute atomic E-state index is 13.4. The molecule has 5 heteroatoms. The molecule has 0 aliphatic carbocycles. The number of nitrogens with zero attached hydrogens (tertiary/aromatic N) is 3. The van der Waals surface area contributed by atoms with Crippen molar-refractivity contribution in [2.24, 2.45) is 0 Å². The van der Waals surface area contributed by atoms with E-state index < -0.39 is 0 Å². The van der Waals surface area contributed by atoms with Crippen molar-refractivity contribution in [2.45, 2.75) is 37.6 Å². The summed E-state index contributed by atoms with van der Waals surface area (Å²) in [5.74, 6) is 0.554. The number of carbonyl (C=O) groups excluding carboxylic acids is 2. The summed E-state index contributed by atoms with van der Waals surface area (Å²) < 4.78 is 0. The van der Waals surface area contributed by atoms with Crippen LogP contribution < -0.4 is 0 Å². The van der Waals surface area contributed by atoms with Gasteiger partial charge in [0.2, 0.25) is 5.91 Å². The third kappa shape index (κ3) is 4.54. The Bertz CT molecular complexity index is 1110. The highest BCUT2D eigenvalue weighted by molar-refractivity contribution is 5.98. The molecular formula is C28H29N3O2. The monoisotopic (exact) mass is 439 g/mol. The summed E-state index contributed by atoms with van der Waals surface area (Å²) >= 11 is 0. The van der Waals surface area contributed by atoms with Crippen molar-refractivity contribution in [3.05, 3.63) is 90.3 Å². The minimum atomic E-state index is -0.354. The molecule has 3 aromatic rings. The lowest BCUT2D eigenvalue weighted by atomic mass is 9.89. The summed E-state index contributed by atoms with van der Waals surface area (Å²) in [6.45, 7) is 2.15. The fourth-order valence-electron chi connectivity index (χ4n) is 5.17. The molecular weight excluding hydrogens is 410 g/mol. The van der Waals surface area contributed by atoms with Crippen LogP contribution in [0.15, 0.2) is 79.1 Å². The third-order valence-corrected chi connectivity index (χ3v) is 6.98. The number of hydrogen-bond acceptors (Lipinski definition) is 3. The Morgan fingerprint density at radius 1 is 0.818 bits per heavy atom. The molecule has 1 unspecified atom stereocenters. The van der Waals surface area contributed by atoms with Gasteiger partial charge in [0.25, 0.3) is 5.91 Å². The SMILES string of the molecule is O=C(C1CCCN1C(=O)c1cccc(-c2cccnc2)c1)N1CCC(c2ccccc2)CC1. The van der Waals surface area contributed by atoms with Gasteiger partial charge in [0.15, 0.2) is 0 Å². The van der Waals surface area contributed by atoms with E-state index in [9.17, 15) is 9.59 Å². The van der Waals surface area contributed by atoms with Crippen LogP contribution in [0.2, 0.25) is 0 Å². The molecule has 1 aromatic heterocycles. The summed E-state index contributed by atoms with van der Waals surface area (Å²) in [6.07, 6.45) is 7.09. The fraction of sp³-hybridized carbons (Fsp3) is 0.321. The van der Waals surface area contributed by atoms with Crippen LogP contribution in [0.1, 0.15) is 47.5 Å². The van der Waals surface area contributed by atoms with Gasteiger partial charge in [-0.2, -0.15) is 0 Å². The van der Waals surface area contributed by atoms with Gasteiger partial charge in [-0.05, 0) is 60.9 Å². The maximum Gasteiger partial charge on any atom is 0.254 e. The zero-order valence-corrected chi connectivity index (χ0v) is 18.8. The lowest BCUT2D eigenvalue weighted by molar-refractivity contribution is -0.136. The summed E-state index contributed by atoms with van der Waals surface area (Å²) in [7, 11) is 0. The molecule has 2 fully saturated rings. The van der Waals surface area contributed by atoms with Crippen molar-refractivity contribution in [3.8, 4) is 11.1 Å². The first-order chi connectivity index (χ1) is 16.2. The number of aromatic nitrogens is 1. The average molecular weight is 440 g/mol. The summed E-state index contributed by atoms with van der Waals surface area (Å²) in [5, 5.41) is 0. The van der Waals surface area contributed by atoms with E-state index in [2.05, 4.69) is 29.2 Å². The Balaban J connectivity index is 1.27. The molecule has 2 aliphatic heterocycles. The van der Waals surface area contributed by atoms with Crippen LogP contribution in [-0.2, 0) is 4.79 Å². The van der Waals surface area contributed by atoms with Crippen LogP contribution in [0.4, 0.5) is 0 Å². The molecule has 2 aliphatic rings. The number of hydrogen-bond donors (Lipinski definition) is 0. The molecule has 168 valence electrons. The number of piperidine rings is 1. The van der Waals surface area contributed by atoms with Crippen LogP contribution in [0, 0.1) is 0 Å². The van der Waals surface area contributed by atoms with Crippen LogP contribution >= 0.6 is 0 Å². The second-order valence-electron chi connectivity index (χ2n) is 8.99. The van der Waals surface area contributed by atoms with Gasteiger partial charge in [-0.1, -0.05) is 48.5 Å². The first-order valence-corrected chi connectivity index (χ1v) is 11.9. The normalized spacial score (nSPS) is 19.0. The van der Waals surface area contributed by atoms with Crippen LogP contribution in [0.3, 0.4) is 0 Å². The van der Waals surface area contributed by atoms with Crippen molar-refractivity contribution in [2.75, 3.05) is 19.6 Å². The van der Waals surface area contributed by atoms with E-state index in [1.54, 1.807) is 17.3 Å². The van der Waals surface area contributed by atoms with Gasteiger partial charge in [0, 0.05) is 43.2 Å². The van der Waals surface area contributed by atoms with Crippen molar-refractivity contribution in [3.63, 3.8) is 0 Å². The zero-order chi connectivity index (χ0) is 22.6. The van der Waals surface area contributed by atoms with Crippen molar-refractivity contribution < 1.29 is 9.59 Å². The highest BCUT2D eigenvalue weighted by Crippen LogP contribution is 2.30.